The number of aliphatic carboxylic acids is 1. The van der Waals surface area contributed by atoms with Crippen molar-refractivity contribution in [3.8, 4) is 0 Å². The molecule has 0 atom stereocenters. The first-order chi connectivity index (χ1) is 7.13. The first-order valence-corrected chi connectivity index (χ1v) is 4.17. The maximum atomic E-state index is 10.7. The average molecular weight is 212 g/mol. The molecular formula is C10H12O5. The highest BCUT2D eigenvalue weighted by atomic mass is 16.4. The molecule has 1 aromatic rings. The Hall–Kier alpha value is -1.72. The molecule has 0 unspecified atom stereocenters. The number of rotatable bonds is 3. The standard InChI is InChI=1S/C8H6O3.C2H6O2/c9-7(8(10)11)6-4-2-1-3-5-6;3-1-2-4/h1-5H,(H,10,11);3-4H,1-2H2. The molecule has 0 fully saturated rings. The third kappa shape index (κ3) is 5.56. The molecule has 0 aliphatic carbocycles. The molecule has 0 aliphatic rings. The van der Waals surface area contributed by atoms with Gasteiger partial charge in [0.25, 0.3) is 5.78 Å². The number of carbonyl (C=O) groups excluding carboxylic acids is 1. The maximum absolute atomic E-state index is 10.7. The third-order valence-electron chi connectivity index (χ3n) is 1.33. The highest BCUT2D eigenvalue weighted by Crippen LogP contribution is 1.98. The van der Waals surface area contributed by atoms with E-state index in [1.54, 1.807) is 18.2 Å². The van der Waals surface area contributed by atoms with Gasteiger partial charge in [-0.2, -0.15) is 0 Å². The quantitative estimate of drug-likeness (QED) is 0.481. The van der Waals surface area contributed by atoms with E-state index in [1.807, 2.05) is 0 Å². The van der Waals surface area contributed by atoms with Gasteiger partial charge in [-0.15, -0.1) is 0 Å². The largest absolute Gasteiger partial charge is 0.475 e. The molecular weight excluding hydrogens is 200 g/mol. The number of hydrogen-bond donors (Lipinski definition) is 3. The summed E-state index contributed by atoms with van der Waals surface area (Å²) in [6, 6.07) is 7.90. The van der Waals surface area contributed by atoms with Gasteiger partial charge in [0.1, 0.15) is 0 Å². The van der Waals surface area contributed by atoms with E-state index in [1.165, 1.54) is 12.1 Å². The van der Waals surface area contributed by atoms with Gasteiger partial charge in [-0.05, 0) is 0 Å². The molecule has 0 saturated carbocycles. The Balaban J connectivity index is 0.000000423. The molecule has 0 heterocycles. The predicted molar refractivity (Wildman–Crippen MR) is 52.6 cm³/mol. The Kier molecular flexibility index (Phi) is 6.78. The lowest BCUT2D eigenvalue weighted by Crippen LogP contribution is -2.12. The molecule has 0 radical (unpaired) electrons. The third-order valence-corrected chi connectivity index (χ3v) is 1.33. The monoisotopic (exact) mass is 212 g/mol. The van der Waals surface area contributed by atoms with E-state index in [2.05, 4.69) is 0 Å². The SMILES string of the molecule is O=C(O)C(=O)c1ccccc1.OCCO. The van der Waals surface area contributed by atoms with E-state index < -0.39 is 11.8 Å². The molecule has 0 saturated heterocycles. The van der Waals surface area contributed by atoms with Crippen molar-refractivity contribution in [2.45, 2.75) is 0 Å². The molecule has 0 amide bonds. The van der Waals surface area contributed by atoms with Crippen molar-refractivity contribution in [2.24, 2.45) is 0 Å². The van der Waals surface area contributed by atoms with Gasteiger partial charge in [0.2, 0.25) is 0 Å². The molecule has 5 nitrogen and oxygen atoms in total. The van der Waals surface area contributed by atoms with Gasteiger partial charge in [-0.1, -0.05) is 30.3 Å². The second kappa shape index (κ2) is 7.66. The van der Waals surface area contributed by atoms with Crippen molar-refractivity contribution in [1.82, 2.24) is 0 Å². The van der Waals surface area contributed by atoms with Crippen LogP contribution in [-0.4, -0.2) is 40.3 Å². The minimum Gasteiger partial charge on any atom is -0.475 e. The molecule has 15 heavy (non-hydrogen) atoms. The van der Waals surface area contributed by atoms with Crippen LogP contribution in [0.15, 0.2) is 30.3 Å². The Morgan fingerprint density at radius 2 is 1.47 bits per heavy atom. The van der Waals surface area contributed by atoms with Crippen LogP contribution in [0, 0.1) is 0 Å². The highest BCUT2D eigenvalue weighted by molar-refractivity contribution is 6.39. The van der Waals surface area contributed by atoms with Gasteiger partial charge < -0.3 is 15.3 Å². The fourth-order valence-corrected chi connectivity index (χ4v) is 0.713. The molecule has 82 valence electrons. The van der Waals surface area contributed by atoms with Crippen LogP contribution < -0.4 is 0 Å². The van der Waals surface area contributed by atoms with E-state index in [-0.39, 0.29) is 18.8 Å². The first kappa shape index (κ1) is 13.3. The zero-order chi connectivity index (χ0) is 11.7. The van der Waals surface area contributed by atoms with Crippen LogP contribution in [0.4, 0.5) is 0 Å². The lowest BCUT2D eigenvalue weighted by atomic mass is 10.1. The van der Waals surface area contributed by atoms with Crippen LogP contribution in [-0.2, 0) is 4.79 Å². The summed E-state index contributed by atoms with van der Waals surface area (Å²) in [5.74, 6) is -2.29. The average Bonchev–Trinajstić information content (AvgIpc) is 2.29. The van der Waals surface area contributed by atoms with Crippen LogP contribution >= 0.6 is 0 Å². The smallest absolute Gasteiger partial charge is 0.377 e. The Bertz CT molecular complexity index is 305. The number of ketones is 1. The fraction of sp³-hybridized carbons (Fsp3) is 0.200. The summed E-state index contributed by atoms with van der Waals surface area (Å²) in [6.45, 7) is -0.250. The van der Waals surface area contributed by atoms with Gasteiger partial charge in [0.05, 0.1) is 13.2 Å². The topological polar surface area (TPSA) is 94.8 Å². The lowest BCUT2D eigenvalue weighted by Gasteiger charge is -1.91. The van der Waals surface area contributed by atoms with Gasteiger partial charge in [-0.3, -0.25) is 4.79 Å². The molecule has 0 spiro atoms. The summed E-state index contributed by atoms with van der Waals surface area (Å²) in [4.78, 5) is 20.9. The van der Waals surface area contributed by atoms with Crippen LogP contribution in [0.25, 0.3) is 0 Å². The summed E-state index contributed by atoms with van der Waals surface area (Å²) < 4.78 is 0. The van der Waals surface area contributed by atoms with Gasteiger partial charge in [0, 0.05) is 5.56 Å². The van der Waals surface area contributed by atoms with E-state index in [4.69, 9.17) is 15.3 Å². The minimum atomic E-state index is -1.42. The Morgan fingerprint density at radius 1 is 1.00 bits per heavy atom. The molecule has 0 aromatic heterocycles. The van der Waals surface area contributed by atoms with Crippen LogP contribution in [0.1, 0.15) is 10.4 Å². The molecule has 3 N–H and O–H groups in total. The van der Waals surface area contributed by atoms with Gasteiger partial charge >= 0.3 is 5.97 Å². The van der Waals surface area contributed by atoms with Crippen molar-refractivity contribution in [3.63, 3.8) is 0 Å². The Labute approximate surface area is 86.6 Å². The highest BCUT2D eigenvalue weighted by Gasteiger charge is 2.12. The van der Waals surface area contributed by atoms with E-state index in [0.717, 1.165) is 0 Å². The number of aliphatic hydroxyl groups is 2. The normalized spacial score (nSPS) is 8.67. The Morgan fingerprint density at radius 3 is 1.80 bits per heavy atom. The fourth-order valence-electron chi connectivity index (χ4n) is 0.713. The van der Waals surface area contributed by atoms with Crippen molar-refractivity contribution in [3.05, 3.63) is 35.9 Å². The van der Waals surface area contributed by atoms with E-state index >= 15 is 0 Å². The van der Waals surface area contributed by atoms with Crippen molar-refractivity contribution >= 4 is 11.8 Å². The zero-order valence-electron chi connectivity index (χ0n) is 7.96. The number of carboxylic acid groups (broad SMARTS) is 1. The summed E-state index contributed by atoms with van der Waals surface area (Å²) in [7, 11) is 0. The van der Waals surface area contributed by atoms with Crippen molar-refractivity contribution in [2.75, 3.05) is 13.2 Å². The van der Waals surface area contributed by atoms with E-state index in [9.17, 15) is 9.59 Å². The number of carbonyl (C=O) groups is 2. The van der Waals surface area contributed by atoms with Crippen LogP contribution in [0.2, 0.25) is 0 Å². The second-order valence-electron chi connectivity index (χ2n) is 2.45. The summed E-state index contributed by atoms with van der Waals surface area (Å²) >= 11 is 0. The van der Waals surface area contributed by atoms with Crippen LogP contribution in [0.5, 0.6) is 0 Å². The molecule has 0 bridgehead atoms. The number of hydrogen-bond acceptors (Lipinski definition) is 4. The molecule has 1 aromatic carbocycles. The lowest BCUT2D eigenvalue weighted by molar-refractivity contribution is -0.131. The van der Waals surface area contributed by atoms with Gasteiger partial charge in [0.15, 0.2) is 0 Å². The van der Waals surface area contributed by atoms with Crippen LogP contribution in [0.3, 0.4) is 0 Å². The number of aliphatic hydroxyl groups excluding tert-OH is 2. The predicted octanol–water partition coefficient (Wildman–Crippen LogP) is -0.0751. The first-order valence-electron chi connectivity index (χ1n) is 4.17. The molecule has 0 aliphatic heterocycles. The summed E-state index contributed by atoms with van der Waals surface area (Å²) in [5, 5.41) is 23.5. The molecule has 1 rings (SSSR count). The zero-order valence-corrected chi connectivity index (χ0v) is 7.96. The number of benzene rings is 1. The van der Waals surface area contributed by atoms with Gasteiger partial charge in [-0.25, -0.2) is 4.79 Å². The summed E-state index contributed by atoms with van der Waals surface area (Å²) in [5.41, 5.74) is 0.208. The summed E-state index contributed by atoms with van der Waals surface area (Å²) in [6.07, 6.45) is 0. The number of carboxylic acids is 1. The number of Topliss-reactive ketones (excluding diaryl/α,β-unsaturated/α-hetero) is 1. The van der Waals surface area contributed by atoms with Crippen molar-refractivity contribution < 1.29 is 24.9 Å². The maximum Gasteiger partial charge on any atom is 0.377 e. The molecule has 5 heteroatoms. The van der Waals surface area contributed by atoms with E-state index in [0.29, 0.717) is 0 Å². The second-order valence-corrected chi connectivity index (χ2v) is 2.45. The van der Waals surface area contributed by atoms with Crippen molar-refractivity contribution in [1.29, 1.82) is 0 Å². The minimum absolute atomic E-state index is 0.125.